The van der Waals surface area contributed by atoms with Crippen molar-refractivity contribution in [3.05, 3.63) is 140 Å². The fraction of sp³-hybridized carbons (Fsp3) is 0.250. The van der Waals surface area contributed by atoms with Crippen LogP contribution in [-0.4, -0.2) is 17.9 Å². The van der Waals surface area contributed by atoms with E-state index in [1.54, 1.807) is 87.6 Å². The summed E-state index contributed by atoms with van der Waals surface area (Å²) >= 11 is 0. The summed E-state index contributed by atoms with van der Waals surface area (Å²) in [7, 11) is 0. The molecule has 256 valence electrons. The third-order valence-corrected chi connectivity index (χ3v) is 18.2. The van der Waals surface area contributed by atoms with Crippen molar-refractivity contribution in [2.24, 2.45) is 11.3 Å². The molecule has 7 unspecified atom stereocenters. The number of fused-ring (bicyclic) bond motifs is 3. The Labute approximate surface area is 313 Å². The average Bonchev–Trinajstić information content (AvgIpc) is 3.86. The number of ether oxygens (including phenoxy) is 1. The van der Waals surface area contributed by atoms with Gasteiger partial charge in [0.05, 0.1) is 0 Å². The van der Waals surface area contributed by atoms with Gasteiger partial charge in [-0.1, -0.05) is 78.9 Å². The minimum absolute atomic E-state index is 0.259. The monoisotopic (exact) mass is 702 g/mol. The Morgan fingerprint density at radius 2 is 1.56 bits per heavy atom. The predicted molar refractivity (Wildman–Crippen MR) is 215 cm³/mol. The van der Waals surface area contributed by atoms with Crippen LogP contribution in [0.5, 0.6) is 0 Å². The molecule has 55 heavy (non-hydrogen) atoms. The molecule has 0 amide bonds. The standard InChI is InChI=1S/C52H30O3/c53-19-55-31(54)7-4-18-50(20-5-2-1-3-6-20)51-29-16-17-30-28-15-13-26-24-11-9-22-21-8-10-23-25-12-14-27(29)38-36(25)41-34(23)32(21)40-33(22)35(24)42-37(26)39(28)49(52(30,50)51)47-45(42)43(40)44(41)46(47)48(38)51/h1-3,5-6,8,10,12-17,22,24,26,37,53H,4,7,9,11,18-19H2. The fourth-order valence-corrected chi connectivity index (χ4v) is 17.6. The van der Waals surface area contributed by atoms with E-state index in [0.29, 0.717) is 36.5 Å². The van der Waals surface area contributed by atoms with E-state index in [0.717, 1.165) is 6.42 Å². The summed E-state index contributed by atoms with van der Waals surface area (Å²) in [6, 6.07) is 21.6. The molecular formula is C52H30O3. The van der Waals surface area contributed by atoms with Crippen molar-refractivity contribution in [2.75, 3.05) is 6.79 Å². The predicted octanol–water partition coefficient (Wildman–Crippen LogP) is 9.91. The van der Waals surface area contributed by atoms with Crippen LogP contribution in [0, 0.1) is 11.3 Å². The van der Waals surface area contributed by atoms with Crippen LogP contribution >= 0.6 is 0 Å². The van der Waals surface area contributed by atoms with Gasteiger partial charge in [0.15, 0.2) is 6.79 Å². The number of benzene rings is 6. The van der Waals surface area contributed by atoms with Gasteiger partial charge < -0.3 is 9.84 Å². The lowest BCUT2D eigenvalue weighted by Gasteiger charge is -2.37. The summed E-state index contributed by atoms with van der Waals surface area (Å²) in [5, 5.41) is 29.7. The number of carbonyl (C=O) groups is 1. The molecule has 1 N–H and O–H groups in total. The largest absolute Gasteiger partial charge is 0.439 e. The second-order valence-corrected chi connectivity index (χ2v) is 18.9. The van der Waals surface area contributed by atoms with Gasteiger partial charge >= 0.3 is 5.97 Å². The Morgan fingerprint density at radius 3 is 2.45 bits per heavy atom. The zero-order chi connectivity index (χ0) is 35.0. The summed E-state index contributed by atoms with van der Waals surface area (Å²) in [5.74, 6) is 1.70. The molecule has 1 fully saturated rings. The first-order valence-corrected chi connectivity index (χ1v) is 20.7. The maximum Gasteiger partial charge on any atom is 0.307 e. The normalized spacial score (nSPS) is 32.9. The zero-order valence-corrected chi connectivity index (χ0v) is 29.8. The van der Waals surface area contributed by atoms with E-state index < -0.39 is 6.79 Å². The van der Waals surface area contributed by atoms with Crippen LogP contribution in [0.15, 0.2) is 95.6 Å². The molecule has 0 saturated heterocycles. The molecule has 0 aliphatic heterocycles. The van der Waals surface area contributed by atoms with Crippen molar-refractivity contribution in [1.29, 1.82) is 0 Å². The summed E-state index contributed by atoms with van der Waals surface area (Å²) in [5.41, 5.74) is 18.5. The molecule has 18 rings (SSSR count). The lowest BCUT2D eigenvalue weighted by atomic mass is 9.64. The zero-order valence-electron chi connectivity index (χ0n) is 29.8. The van der Waals surface area contributed by atoms with Gasteiger partial charge in [-0.15, -0.1) is 0 Å². The van der Waals surface area contributed by atoms with Crippen LogP contribution in [0.25, 0.3) is 75.8 Å². The van der Waals surface area contributed by atoms with Crippen LogP contribution in [0.3, 0.4) is 0 Å². The molecule has 1 saturated carbocycles. The smallest absolute Gasteiger partial charge is 0.307 e. The molecule has 3 heteroatoms. The first-order chi connectivity index (χ1) is 27.2. The molecule has 10 aliphatic rings. The van der Waals surface area contributed by atoms with Crippen molar-refractivity contribution < 1.29 is 14.6 Å². The van der Waals surface area contributed by atoms with E-state index in [2.05, 4.69) is 78.9 Å². The van der Waals surface area contributed by atoms with Crippen LogP contribution in [0.1, 0.15) is 88.8 Å². The number of rotatable bonds is 6. The molecule has 3 nitrogen and oxygen atoms in total. The number of hydrogen-bond acceptors (Lipinski definition) is 3. The third kappa shape index (κ3) is 1.94. The van der Waals surface area contributed by atoms with E-state index in [1.165, 1.54) is 61.9 Å². The summed E-state index contributed by atoms with van der Waals surface area (Å²) < 4.78 is 5.15. The van der Waals surface area contributed by atoms with Crippen LogP contribution in [-0.2, 0) is 20.4 Å². The van der Waals surface area contributed by atoms with Gasteiger partial charge in [-0.2, -0.15) is 0 Å². The van der Waals surface area contributed by atoms with Crippen LogP contribution < -0.4 is 5.22 Å². The lowest BCUT2D eigenvalue weighted by Crippen LogP contribution is -2.27. The number of aliphatic hydroxyl groups is 1. The summed E-state index contributed by atoms with van der Waals surface area (Å²) in [6.07, 6.45) is 14.8. The molecule has 0 bridgehead atoms. The average molecular weight is 703 g/mol. The third-order valence-electron chi connectivity index (χ3n) is 18.2. The second-order valence-electron chi connectivity index (χ2n) is 18.9. The Hall–Kier alpha value is -5.51. The van der Waals surface area contributed by atoms with Crippen LogP contribution in [0.2, 0.25) is 0 Å². The Bertz CT molecular complexity index is 3630. The molecule has 0 heterocycles. The SMILES string of the molecule is O=C(CCCC1(c2ccccc2)C23C4=C5C=CC6C7CCC8c9c7c7c%10c(c%11c%12c%13c(ccc%14c%15ccc8c8c9c%10c%11c(c%13%14)c%158)=C(C=C4)C%1221)C3=C5C76)OCO. The minimum Gasteiger partial charge on any atom is -0.439 e. The highest BCUT2D eigenvalue weighted by Gasteiger charge is 2.94. The molecule has 8 aromatic rings. The van der Waals surface area contributed by atoms with Crippen molar-refractivity contribution >= 4 is 81.8 Å². The molecule has 10 aliphatic carbocycles. The van der Waals surface area contributed by atoms with Gasteiger partial charge in [0.25, 0.3) is 0 Å². The number of hydrogen-bond donors (Lipinski definition) is 1. The van der Waals surface area contributed by atoms with Gasteiger partial charge in [0, 0.05) is 34.5 Å². The van der Waals surface area contributed by atoms with Gasteiger partial charge in [0.1, 0.15) is 0 Å². The van der Waals surface area contributed by atoms with Crippen molar-refractivity contribution in [1.82, 2.24) is 0 Å². The van der Waals surface area contributed by atoms with E-state index in [-0.39, 0.29) is 22.2 Å². The first-order valence-electron chi connectivity index (χ1n) is 20.7. The Kier molecular flexibility index (Phi) is 3.49. The number of allylic oxidation sites excluding steroid dienone is 8. The van der Waals surface area contributed by atoms with E-state index >= 15 is 0 Å². The first kappa shape index (κ1) is 26.3. The van der Waals surface area contributed by atoms with E-state index in [4.69, 9.17) is 4.74 Å². The maximum absolute atomic E-state index is 13.0. The van der Waals surface area contributed by atoms with Gasteiger partial charge in [-0.05, 0) is 174 Å². The topological polar surface area (TPSA) is 46.5 Å². The van der Waals surface area contributed by atoms with Crippen molar-refractivity contribution in [2.45, 2.75) is 60.7 Å². The lowest BCUT2D eigenvalue weighted by molar-refractivity contribution is -0.151. The fourth-order valence-electron chi connectivity index (χ4n) is 17.6. The number of esters is 1. The quantitative estimate of drug-likeness (QED) is 0.107. The summed E-state index contributed by atoms with van der Waals surface area (Å²) in [4.78, 5) is 13.0. The molecule has 8 aromatic carbocycles. The van der Waals surface area contributed by atoms with Gasteiger partial charge in [-0.3, -0.25) is 4.79 Å². The number of aliphatic hydroxyl groups excluding tert-OH is 1. The molecule has 0 aromatic heterocycles. The highest BCUT2D eigenvalue weighted by molar-refractivity contribution is 6.53. The molecule has 2 spiro atoms. The highest BCUT2D eigenvalue weighted by atomic mass is 16.6. The summed E-state index contributed by atoms with van der Waals surface area (Å²) in [6.45, 7) is -0.563. The molecular weight excluding hydrogens is 673 g/mol. The van der Waals surface area contributed by atoms with Crippen molar-refractivity contribution in [3.8, 4) is 0 Å². The maximum atomic E-state index is 13.0. The number of carbonyl (C=O) groups excluding carboxylic acids is 1. The van der Waals surface area contributed by atoms with Gasteiger partial charge in [0.2, 0.25) is 0 Å². The molecule has 0 radical (unpaired) electrons. The van der Waals surface area contributed by atoms with Crippen LogP contribution in [0.4, 0.5) is 0 Å². The Balaban J connectivity index is 1.15. The minimum atomic E-state index is -0.563. The van der Waals surface area contributed by atoms with E-state index in [9.17, 15) is 9.90 Å². The highest BCUT2D eigenvalue weighted by Crippen LogP contribution is 2.97. The van der Waals surface area contributed by atoms with E-state index in [1.807, 2.05) is 0 Å². The molecule has 7 atom stereocenters. The van der Waals surface area contributed by atoms with Crippen molar-refractivity contribution in [3.63, 3.8) is 0 Å². The second kappa shape index (κ2) is 7.29. The Morgan fingerprint density at radius 1 is 0.745 bits per heavy atom. The van der Waals surface area contributed by atoms with Gasteiger partial charge in [-0.25, -0.2) is 0 Å².